The number of rotatable bonds is 6. The minimum atomic E-state index is 0.567. The van der Waals surface area contributed by atoms with Gasteiger partial charge in [0.1, 0.15) is 5.82 Å². The molecule has 0 spiro atoms. The molecule has 2 heterocycles. The molecule has 2 N–H and O–H groups in total. The maximum Gasteiger partial charge on any atom is 0.126 e. The Kier molecular flexibility index (Phi) is 4.31. The van der Waals surface area contributed by atoms with Crippen LogP contribution in [0.25, 0.3) is 0 Å². The second-order valence-corrected chi connectivity index (χ2v) is 7.84. The van der Waals surface area contributed by atoms with E-state index in [9.17, 15) is 0 Å². The molecule has 1 atom stereocenters. The van der Waals surface area contributed by atoms with Crippen molar-refractivity contribution in [3.8, 4) is 0 Å². The molecular weight excluding hydrogens is 304 g/mol. The standard InChI is InChI=1S/C18H24N4S/c19-18-15(10-20-22(18)16-6-7-16)12-21-9-8-14(11-21)13-23-17-4-2-1-3-5-17/h1-5,10,14,16H,6-9,11-13,19H2. The van der Waals surface area contributed by atoms with Crippen molar-refractivity contribution in [3.05, 3.63) is 42.1 Å². The third-order valence-corrected chi connectivity index (χ3v) is 6.04. The fourth-order valence-electron chi connectivity index (χ4n) is 3.30. The van der Waals surface area contributed by atoms with Gasteiger partial charge >= 0.3 is 0 Å². The maximum absolute atomic E-state index is 6.26. The van der Waals surface area contributed by atoms with Crippen molar-refractivity contribution in [1.29, 1.82) is 0 Å². The topological polar surface area (TPSA) is 47.1 Å². The van der Waals surface area contributed by atoms with E-state index >= 15 is 0 Å². The predicted molar refractivity (Wildman–Crippen MR) is 95.5 cm³/mol. The van der Waals surface area contributed by atoms with Crippen LogP contribution >= 0.6 is 11.8 Å². The zero-order chi connectivity index (χ0) is 15.6. The normalized spacial score (nSPS) is 21.8. The quantitative estimate of drug-likeness (QED) is 0.826. The highest BCUT2D eigenvalue weighted by Gasteiger charge is 2.28. The Balaban J connectivity index is 1.28. The number of anilines is 1. The Hall–Kier alpha value is -1.46. The van der Waals surface area contributed by atoms with Gasteiger partial charge in [0.05, 0.1) is 12.2 Å². The summed E-state index contributed by atoms with van der Waals surface area (Å²) < 4.78 is 2.02. The van der Waals surface area contributed by atoms with Gasteiger partial charge in [0.15, 0.2) is 0 Å². The van der Waals surface area contributed by atoms with Gasteiger partial charge in [-0.15, -0.1) is 11.8 Å². The van der Waals surface area contributed by atoms with E-state index in [1.54, 1.807) is 0 Å². The molecule has 1 aliphatic carbocycles. The van der Waals surface area contributed by atoms with Crippen LogP contribution in [0, 0.1) is 5.92 Å². The van der Waals surface area contributed by atoms with E-state index < -0.39 is 0 Å². The lowest BCUT2D eigenvalue weighted by molar-refractivity contribution is 0.321. The maximum atomic E-state index is 6.26. The second-order valence-electron chi connectivity index (χ2n) is 6.74. The molecule has 1 saturated heterocycles. The fraction of sp³-hybridized carbons (Fsp3) is 0.500. The first-order valence-electron chi connectivity index (χ1n) is 8.51. The molecule has 23 heavy (non-hydrogen) atoms. The summed E-state index contributed by atoms with van der Waals surface area (Å²) in [4.78, 5) is 3.90. The van der Waals surface area contributed by atoms with E-state index in [4.69, 9.17) is 5.73 Å². The van der Waals surface area contributed by atoms with Crippen molar-refractivity contribution in [2.24, 2.45) is 5.92 Å². The molecular formula is C18H24N4S. The predicted octanol–water partition coefficient (Wildman–Crippen LogP) is 3.41. The van der Waals surface area contributed by atoms with Crippen molar-refractivity contribution in [3.63, 3.8) is 0 Å². The highest BCUT2D eigenvalue weighted by Crippen LogP contribution is 2.37. The third kappa shape index (κ3) is 3.56. The van der Waals surface area contributed by atoms with E-state index in [0.29, 0.717) is 6.04 Å². The molecule has 1 saturated carbocycles. The average molecular weight is 328 g/mol. The number of likely N-dealkylation sites (tertiary alicyclic amines) is 1. The van der Waals surface area contributed by atoms with Crippen molar-refractivity contribution in [2.75, 3.05) is 24.6 Å². The smallest absolute Gasteiger partial charge is 0.126 e. The first-order chi connectivity index (χ1) is 11.3. The summed E-state index contributed by atoms with van der Waals surface area (Å²) in [5, 5.41) is 4.48. The van der Waals surface area contributed by atoms with E-state index in [1.807, 2.05) is 22.6 Å². The lowest BCUT2D eigenvalue weighted by Gasteiger charge is -2.15. The zero-order valence-corrected chi connectivity index (χ0v) is 14.2. The van der Waals surface area contributed by atoms with Crippen LogP contribution < -0.4 is 5.73 Å². The molecule has 2 aromatic rings. The van der Waals surface area contributed by atoms with E-state index in [0.717, 1.165) is 18.3 Å². The van der Waals surface area contributed by atoms with Crippen LogP contribution in [0.1, 0.15) is 30.9 Å². The van der Waals surface area contributed by atoms with Crippen LogP contribution in [-0.4, -0.2) is 33.5 Å². The zero-order valence-electron chi connectivity index (χ0n) is 13.4. The molecule has 1 unspecified atom stereocenters. The number of aromatic nitrogens is 2. The lowest BCUT2D eigenvalue weighted by Crippen LogP contribution is -2.21. The number of benzene rings is 1. The Labute approximate surface area is 142 Å². The summed E-state index contributed by atoms with van der Waals surface area (Å²) in [5.41, 5.74) is 7.46. The molecule has 4 rings (SSSR count). The van der Waals surface area contributed by atoms with Crippen LogP contribution in [0.4, 0.5) is 5.82 Å². The number of nitrogens with zero attached hydrogens (tertiary/aromatic N) is 3. The molecule has 1 aromatic carbocycles. The summed E-state index contributed by atoms with van der Waals surface area (Å²) in [6.07, 6.45) is 5.72. The van der Waals surface area contributed by atoms with Gasteiger partial charge in [-0.2, -0.15) is 5.10 Å². The largest absolute Gasteiger partial charge is 0.384 e. The first-order valence-corrected chi connectivity index (χ1v) is 9.50. The third-order valence-electron chi connectivity index (χ3n) is 4.80. The van der Waals surface area contributed by atoms with E-state index in [1.165, 1.54) is 48.6 Å². The Morgan fingerprint density at radius 3 is 2.78 bits per heavy atom. The van der Waals surface area contributed by atoms with Crippen LogP contribution in [0.2, 0.25) is 0 Å². The van der Waals surface area contributed by atoms with Crippen LogP contribution in [0.3, 0.4) is 0 Å². The molecule has 2 fully saturated rings. The fourth-order valence-corrected chi connectivity index (χ4v) is 4.35. The van der Waals surface area contributed by atoms with Crippen molar-refractivity contribution < 1.29 is 0 Å². The number of nitrogen functional groups attached to an aromatic ring is 1. The highest BCUT2D eigenvalue weighted by molar-refractivity contribution is 7.99. The average Bonchev–Trinajstić information content (AvgIpc) is 3.22. The molecule has 5 heteroatoms. The van der Waals surface area contributed by atoms with Crippen molar-refractivity contribution >= 4 is 17.6 Å². The van der Waals surface area contributed by atoms with Crippen LogP contribution in [0.5, 0.6) is 0 Å². The van der Waals surface area contributed by atoms with Gasteiger partial charge in [0, 0.05) is 29.3 Å². The van der Waals surface area contributed by atoms with E-state index in [-0.39, 0.29) is 0 Å². The van der Waals surface area contributed by atoms with Gasteiger partial charge in [0.25, 0.3) is 0 Å². The molecule has 1 aromatic heterocycles. The van der Waals surface area contributed by atoms with Gasteiger partial charge in [-0.1, -0.05) is 18.2 Å². The summed E-state index contributed by atoms with van der Waals surface area (Å²) in [6, 6.07) is 11.3. The van der Waals surface area contributed by atoms with Gasteiger partial charge in [-0.25, -0.2) is 4.68 Å². The Morgan fingerprint density at radius 1 is 1.17 bits per heavy atom. The summed E-state index contributed by atoms with van der Waals surface area (Å²) >= 11 is 1.98. The first kappa shape index (κ1) is 15.1. The van der Waals surface area contributed by atoms with Gasteiger partial charge in [-0.3, -0.25) is 4.90 Å². The number of nitrogens with two attached hydrogens (primary N) is 1. The molecule has 4 nitrogen and oxygen atoms in total. The molecule has 122 valence electrons. The minimum Gasteiger partial charge on any atom is -0.384 e. The lowest BCUT2D eigenvalue weighted by atomic mass is 10.2. The molecule has 1 aliphatic heterocycles. The Morgan fingerprint density at radius 2 is 2.00 bits per heavy atom. The molecule has 0 amide bonds. The molecule has 0 bridgehead atoms. The number of hydrogen-bond donors (Lipinski definition) is 1. The van der Waals surface area contributed by atoms with Crippen molar-refractivity contribution in [1.82, 2.24) is 14.7 Å². The SMILES string of the molecule is Nc1c(CN2CCC(CSc3ccccc3)C2)cnn1C1CC1. The minimum absolute atomic E-state index is 0.567. The number of thioether (sulfide) groups is 1. The van der Waals surface area contributed by atoms with Gasteiger partial charge in [0.2, 0.25) is 0 Å². The Bertz CT molecular complexity index is 650. The van der Waals surface area contributed by atoms with Crippen LogP contribution in [-0.2, 0) is 6.54 Å². The molecule has 0 radical (unpaired) electrons. The monoisotopic (exact) mass is 328 g/mol. The summed E-state index contributed by atoms with van der Waals surface area (Å²) in [7, 11) is 0. The van der Waals surface area contributed by atoms with Crippen LogP contribution in [0.15, 0.2) is 41.4 Å². The van der Waals surface area contributed by atoms with E-state index in [2.05, 4.69) is 40.3 Å². The summed E-state index contributed by atoms with van der Waals surface area (Å²) in [5.74, 6) is 2.87. The number of hydrogen-bond acceptors (Lipinski definition) is 4. The van der Waals surface area contributed by atoms with Gasteiger partial charge < -0.3 is 5.73 Å². The summed E-state index contributed by atoms with van der Waals surface area (Å²) in [6.45, 7) is 3.30. The highest BCUT2D eigenvalue weighted by atomic mass is 32.2. The molecule has 2 aliphatic rings. The van der Waals surface area contributed by atoms with Gasteiger partial charge in [-0.05, 0) is 43.9 Å². The van der Waals surface area contributed by atoms with Crippen molar-refractivity contribution in [2.45, 2.75) is 36.7 Å². The second kappa shape index (κ2) is 6.57.